The Balaban J connectivity index is 1.33. The minimum Gasteiger partial charge on any atom is -0.504 e. The van der Waals surface area contributed by atoms with Crippen LogP contribution in [0.5, 0.6) is 17.2 Å². The van der Waals surface area contributed by atoms with Crippen molar-refractivity contribution in [3.8, 4) is 17.2 Å². The number of para-hydroxylation sites is 2. The molecule has 1 atom stereocenters. The smallest absolute Gasteiger partial charge is 0.161 e. The Morgan fingerprint density at radius 1 is 1.00 bits per heavy atom. The standard InChI is InChI=1S/C25H35N3O3/c1-3-31-25-17-20(10-11-23(25)29)18-26-12-6-7-21(19-26)27-13-15-28(16-14-27)22-8-4-5-9-24(22)30-2/h4-5,8-11,17,21,29H,3,6-7,12-16,18-19H2,1-2H3. The van der Waals surface area contributed by atoms with Gasteiger partial charge in [-0.1, -0.05) is 18.2 Å². The molecule has 2 aliphatic heterocycles. The molecule has 31 heavy (non-hydrogen) atoms. The number of ether oxygens (including phenoxy) is 2. The third kappa shape index (κ3) is 5.25. The lowest BCUT2D eigenvalue weighted by atomic mass is 10.0. The first-order valence-electron chi connectivity index (χ1n) is 11.5. The number of piperidine rings is 1. The van der Waals surface area contributed by atoms with Crippen molar-refractivity contribution in [2.24, 2.45) is 0 Å². The first kappa shape index (κ1) is 21.8. The molecule has 0 saturated carbocycles. The van der Waals surface area contributed by atoms with E-state index in [0.29, 0.717) is 18.4 Å². The summed E-state index contributed by atoms with van der Waals surface area (Å²) < 4.78 is 11.1. The van der Waals surface area contributed by atoms with Gasteiger partial charge in [-0.2, -0.15) is 0 Å². The summed E-state index contributed by atoms with van der Waals surface area (Å²) in [6, 6.07) is 14.7. The average molecular weight is 426 g/mol. The van der Waals surface area contributed by atoms with Gasteiger partial charge in [0.15, 0.2) is 11.5 Å². The highest BCUT2D eigenvalue weighted by Gasteiger charge is 2.28. The van der Waals surface area contributed by atoms with Gasteiger partial charge < -0.3 is 19.5 Å². The van der Waals surface area contributed by atoms with Crippen LogP contribution in [0.4, 0.5) is 5.69 Å². The summed E-state index contributed by atoms with van der Waals surface area (Å²) in [5.74, 6) is 1.76. The van der Waals surface area contributed by atoms with Crippen molar-refractivity contribution in [2.45, 2.75) is 32.4 Å². The van der Waals surface area contributed by atoms with Gasteiger partial charge in [0, 0.05) is 45.3 Å². The number of rotatable bonds is 7. The molecule has 0 amide bonds. The maximum Gasteiger partial charge on any atom is 0.161 e. The van der Waals surface area contributed by atoms with Crippen molar-refractivity contribution >= 4 is 5.69 Å². The summed E-state index contributed by atoms with van der Waals surface area (Å²) in [5.41, 5.74) is 2.40. The number of phenols is 1. The molecule has 2 aromatic rings. The van der Waals surface area contributed by atoms with Crippen molar-refractivity contribution in [2.75, 3.05) is 57.9 Å². The lowest BCUT2D eigenvalue weighted by molar-refractivity contribution is 0.0886. The number of methoxy groups -OCH3 is 1. The van der Waals surface area contributed by atoms with Crippen LogP contribution in [0.3, 0.4) is 0 Å². The van der Waals surface area contributed by atoms with Gasteiger partial charge in [-0.25, -0.2) is 0 Å². The number of aromatic hydroxyl groups is 1. The maximum absolute atomic E-state index is 9.96. The molecule has 2 heterocycles. The van der Waals surface area contributed by atoms with Crippen LogP contribution < -0.4 is 14.4 Å². The normalized spacial score (nSPS) is 20.6. The van der Waals surface area contributed by atoms with E-state index in [-0.39, 0.29) is 5.75 Å². The maximum atomic E-state index is 9.96. The third-order valence-corrected chi connectivity index (χ3v) is 6.47. The van der Waals surface area contributed by atoms with Gasteiger partial charge in [0.25, 0.3) is 0 Å². The molecule has 2 aliphatic rings. The van der Waals surface area contributed by atoms with Gasteiger partial charge in [-0.05, 0) is 56.1 Å². The zero-order valence-electron chi connectivity index (χ0n) is 18.8. The molecule has 0 spiro atoms. The summed E-state index contributed by atoms with van der Waals surface area (Å²) in [4.78, 5) is 7.66. The number of piperazine rings is 1. The van der Waals surface area contributed by atoms with Gasteiger partial charge in [-0.3, -0.25) is 9.80 Å². The van der Waals surface area contributed by atoms with E-state index in [2.05, 4.69) is 26.8 Å². The lowest BCUT2D eigenvalue weighted by Gasteiger charge is -2.44. The molecular formula is C25H35N3O3. The molecule has 0 aliphatic carbocycles. The zero-order chi connectivity index (χ0) is 21.6. The lowest BCUT2D eigenvalue weighted by Crippen LogP contribution is -2.55. The molecule has 4 rings (SSSR count). The van der Waals surface area contributed by atoms with Crippen molar-refractivity contribution in [3.63, 3.8) is 0 Å². The predicted octanol–water partition coefficient (Wildman–Crippen LogP) is 3.59. The SMILES string of the molecule is CCOc1cc(CN2CCCC(N3CCN(c4ccccc4OC)CC3)C2)ccc1O. The molecule has 0 aromatic heterocycles. The monoisotopic (exact) mass is 425 g/mol. The summed E-state index contributed by atoms with van der Waals surface area (Å²) >= 11 is 0. The number of hydrogen-bond acceptors (Lipinski definition) is 6. The third-order valence-electron chi connectivity index (χ3n) is 6.47. The van der Waals surface area contributed by atoms with E-state index < -0.39 is 0 Å². The molecule has 1 unspecified atom stereocenters. The Kier molecular flexibility index (Phi) is 7.20. The average Bonchev–Trinajstić information content (AvgIpc) is 2.82. The summed E-state index contributed by atoms with van der Waals surface area (Å²) in [6.45, 7) is 9.87. The van der Waals surface area contributed by atoms with Crippen LogP contribution in [0.25, 0.3) is 0 Å². The topological polar surface area (TPSA) is 48.4 Å². The summed E-state index contributed by atoms with van der Waals surface area (Å²) in [7, 11) is 1.75. The fraction of sp³-hybridized carbons (Fsp3) is 0.520. The molecule has 1 N–H and O–H groups in total. The number of anilines is 1. The van der Waals surface area contributed by atoms with Crippen molar-refractivity contribution < 1.29 is 14.6 Å². The Hall–Kier alpha value is -2.44. The Morgan fingerprint density at radius 3 is 2.58 bits per heavy atom. The van der Waals surface area contributed by atoms with Gasteiger partial charge >= 0.3 is 0 Å². The minimum absolute atomic E-state index is 0.218. The molecule has 168 valence electrons. The zero-order valence-corrected chi connectivity index (χ0v) is 18.8. The first-order valence-corrected chi connectivity index (χ1v) is 11.5. The Bertz CT molecular complexity index is 852. The van der Waals surface area contributed by atoms with Crippen molar-refractivity contribution in [1.82, 2.24) is 9.80 Å². The van der Waals surface area contributed by atoms with Gasteiger partial charge in [0.05, 0.1) is 19.4 Å². The van der Waals surface area contributed by atoms with Crippen LogP contribution in [-0.4, -0.2) is 73.9 Å². The highest BCUT2D eigenvalue weighted by molar-refractivity contribution is 5.58. The number of nitrogens with zero attached hydrogens (tertiary/aromatic N) is 3. The van der Waals surface area contributed by atoms with Gasteiger partial charge in [0.2, 0.25) is 0 Å². The second-order valence-electron chi connectivity index (χ2n) is 8.46. The van der Waals surface area contributed by atoms with E-state index >= 15 is 0 Å². The van der Waals surface area contributed by atoms with Gasteiger partial charge in [-0.15, -0.1) is 0 Å². The van der Waals surface area contributed by atoms with E-state index in [0.717, 1.165) is 51.6 Å². The Morgan fingerprint density at radius 2 is 1.81 bits per heavy atom. The molecule has 2 fully saturated rings. The molecule has 6 nitrogen and oxygen atoms in total. The molecule has 6 heteroatoms. The summed E-state index contributed by atoms with van der Waals surface area (Å²) in [5, 5.41) is 9.96. The van der Waals surface area contributed by atoms with Crippen LogP contribution in [0.1, 0.15) is 25.3 Å². The number of phenolic OH excluding ortho intramolecular Hbond substituents is 1. The Labute approximate surface area is 186 Å². The minimum atomic E-state index is 0.218. The largest absolute Gasteiger partial charge is 0.504 e. The van der Waals surface area contributed by atoms with Crippen molar-refractivity contribution in [3.05, 3.63) is 48.0 Å². The number of benzene rings is 2. The van der Waals surface area contributed by atoms with Crippen molar-refractivity contribution in [1.29, 1.82) is 0 Å². The molecule has 0 bridgehead atoms. The van der Waals surface area contributed by atoms with E-state index in [1.807, 2.05) is 31.2 Å². The first-order chi connectivity index (χ1) is 15.2. The highest BCUT2D eigenvalue weighted by Crippen LogP contribution is 2.30. The van der Waals surface area contributed by atoms with E-state index in [4.69, 9.17) is 9.47 Å². The van der Waals surface area contributed by atoms with Crippen LogP contribution in [0, 0.1) is 0 Å². The second kappa shape index (κ2) is 10.2. The number of likely N-dealkylation sites (tertiary alicyclic amines) is 1. The second-order valence-corrected chi connectivity index (χ2v) is 8.46. The molecule has 2 aromatic carbocycles. The number of hydrogen-bond donors (Lipinski definition) is 1. The molecular weight excluding hydrogens is 390 g/mol. The van der Waals surface area contributed by atoms with Crippen LogP contribution in [-0.2, 0) is 6.54 Å². The van der Waals surface area contributed by atoms with E-state index in [1.165, 1.54) is 24.1 Å². The predicted molar refractivity (Wildman–Crippen MR) is 124 cm³/mol. The highest BCUT2D eigenvalue weighted by atomic mass is 16.5. The van der Waals surface area contributed by atoms with Crippen LogP contribution in [0.2, 0.25) is 0 Å². The fourth-order valence-corrected chi connectivity index (χ4v) is 4.88. The van der Waals surface area contributed by atoms with Crippen LogP contribution in [0.15, 0.2) is 42.5 Å². The van der Waals surface area contributed by atoms with E-state index in [9.17, 15) is 5.11 Å². The summed E-state index contributed by atoms with van der Waals surface area (Å²) in [6.07, 6.45) is 2.50. The molecule has 2 saturated heterocycles. The van der Waals surface area contributed by atoms with E-state index in [1.54, 1.807) is 13.2 Å². The fourth-order valence-electron chi connectivity index (χ4n) is 4.88. The quantitative estimate of drug-likeness (QED) is 0.732. The van der Waals surface area contributed by atoms with Gasteiger partial charge in [0.1, 0.15) is 5.75 Å². The van der Waals surface area contributed by atoms with Crippen LogP contribution >= 0.6 is 0 Å². The molecule has 0 radical (unpaired) electrons.